The molecule has 1 fully saturated rings. The lowest BCUT2D eigenvalue weighted by Crippen LogP contribution is -2.33. The van der Waals surface area contributed by atoms with E-state index in [0.29, 0.717) is 12.0 Å². The first kappa shape index (κ1) is 18.7. The van der Waals surface area contributed by atoms with E-state index in [1.165, 1.54) is 52.9 Å². The molecule has 2 aliphatic heterocycles. The van der Waals surface area contributed by atoms with Crippen LogP contribution in [-0.2, 0) is 19.4 Å². The summed E-state index contributed by atoms with van der Waals surface area (Å²) >= 11 is 0. The van der Waals surface area contributed by atoms with Crippen molar-refractivity contribution < 1.29 is 0 Å². The number of hydrogen-bond acceptors (Lipinski definition) is 3. The van der Waals surface area contributed by atoms with Gasteiger partial charge in [0.1, 0.15) is 5.82 Å². The smallest absolute Gasteiger partial charge is 0.114 e. The maximum absolute atomic E-state index is 5.26. The van der Waals surface area contributed by atoms with Crippen LogP contribution in [0.4, 0.5) is 5.69 Å². The largest absolute Gasteiger partial charge is 0.372 e. The van der Waals surface area contributed by atoms with Crippen molar-refractivity contribution in [3.8, 4) is 0 Å². The molecule has 4 heteroatoms. The van der Waals surface area contributed by atoms with Crippen molar-refractivity contribution in [1.29, 1.82) is 0 Å². The van der Waals surface area contributed by atoms with Gasteiger partial charge in [-0.1, -0.05) is 30.3 Å². The topological polar surface area (TPSA) is 33.1 Å². The average molecular weight is 389 g/mol. The van der Waals surface area contributed by atoms with E-state index >= 15 is 0 Å². The molecular weight excluding hydrogens is 356 g/mol. The van der Waals surface area contributed by atoms with Crippen molar-refractivity contribution in [1.82, 2.24) is 14.9 Å². The monoisotopic (exact) mass is 388 g/mol. The second kappa shape index (κ2) is 7.83. The Kier molecular flexibility index (Phi) is 5.04. The molecule has 0 aliphatic carbocycles. The summed E-state index contributed by atoms with van der Waals surface area (Å²) in [7, 11) is 2.23. The van der Waals surface area contributed by atoms with E-state index in [0.717, 1.165) is 32.5 Å². The fourth-order valence-corrected chi connectivity index (χ4v) is 5.10. The lowest BCUT2D eigenvalue weighted by Gasteiger charge is -2.34. The molecule has 2 unspecified atom stereocenters. The summed E-state index contributed by atoms with van der Waals surface area (Å²) in [5.74, 6) is 1.90. The van der Waals surface area contributed by atoms with Gasteiger partial charge in [0.25, 0.3) is 0 Å². The predicted molar refractivity (Wildman–Crippen MR) is 121 cm³/mol. The number of hydrogen-bond donors (Lipinski definition) is 1. The van der Waals surface area contributed by atoms with Crippen molar-refractivity contribution in [2.75, 3.05) is 25.0 Å². The first-order valence-corrected chi connectivity index (χ1v) is 11.2. The van der Waals surface area contributed by atoms with Crippen LogP contribution in [0.25, 0.3) is 11.0 Å². The summed E-state index contributed by atoms with van der Waals surface area (Å²) in [5, 5.41) is 3.58. The van der Waals surface area contributed by atoms with Crippen molar-refractivity contribution in [3.63, 3.8) is 0 Å². The highest BCUT2D eigenvalue weighted by Crippen LogP contribution is 2.36. The highest BCUT2D eigenvalue weighted by Gasteiger charge is 2.25. The molecule has 0 radical (unpaired) electrons. The maximum atomic E-state index is 5.26. The number of nitrogens with one attached hydrogen (secondary N) is 1. The lowest BCUT2D eigenvalue weighted by atomic mass is 9.96. The molecule has 29 heavy (non-hydrogen) atoms. The van der Waals surface area contributed by atoms with Gasteiger partial charge in [0.05, 0.1) is 11.0 Å². The van der Waals surface area contributed by atoms with Crippen LogP contribution in [0.15, 0.2) is 42.5 Å². The van der Waals surface area contributed by atoms with E-state index in [1.807, 2.05) is 0 Å². The van der Waals surface area contributed by atoms with E-state index in [2.05, 4.69) is 71.2 Å². The Morgan fingerprint density at radius 2 is 1.97 bits per heavy atom. The highest BCUT2D eigenvalue weighted by atomic mass is 15.1. The van der Waals surface area contributed by atoms with Gasteiger partial charge >= 0.3 is 0 Å². The molecule has 1 saturated heterocycles. The molecule has 152 valence electrons. The third-order valence-electron chi connectivity index (χ3n) is 6.98. The number of piperidine rings is 1. The normalized spacial score (nSPS) is 22.1. The van der Waals surface area contributed by atoms with Crippen LogP contribution >= 0.6 is 0 Å². The SMILES string of the molecule is CC1CCc2c(ccc3c2nc(Cc2ccccc2)n3CC2CCCNC2)N1C. The number of fused-ring (bicyclic) bond motifs is 3. The third kappa shape index (κ3) is 3.55. The Morgan fingerprint density at radius 1 is 1.10 bits per heavy atom. The second-order valence-corrected chi connectivity index (χ2v) is 8.94. The van der Waals surface area contributed by atoms with Gasteiger partial charge in [-0.2, -0.15) is 0 Å². The summed E-state index contributed by atoms with van der Waals surface area (Å²) in [6.07, 6.45) is 5.82. The van der Waals surface area contributed by atoms with E-state index < -0.39 is 0 Å². The summed E-state index contributed by atoms with van der Waals surface area (Å²) in [4.78, 5) is 7.69. The van der Waals surface area contributed by atoms with Crippen molar-refractivity contribution in [2.45, 2.75) is 51.6 Å². The molecule has 1 aromatic heterocycles. The number of anilines is 1. The maximum Gasteiger partial charge on any atom is 0.114 e. The molecule has 4 nitrogen and oxygen atoms in total. The molecule has 2 aliphatic rings. The van der Waals surface area contributed by atoms with E-state index in [4.69, 9.17) is 4.98 Å². The minimum atomic E-state index is 0.596. The highest BCUT2D eigenvalue weighted by molar-refractivity contribution is 5.86. The Morgan fingerprint density at radius 3 is 2.76 bits per heavy atom. The molecule has 0 bridgehead atoms. The van der Waals surface area contributed by atoms with Gasteiger partial charge in [-0.05, 0) is 69.3 Å². The standard InChI is InChI=1S/C25H32N4/c1-18-10-11-21-22(28(18)2)12-13-23-25(21)27-24(15-19-7-4-3-5-8-19)29(23)17-20-9-6-14-26-16-20/h3-5,7-8,12-13,18,20,26H,6,9-11,14-17H2,1-2H3. The molecule has 2 atom stereocenters. The fraction of sp³-hybridized carbons (Fsp3) is 0.480. The van der Waals surface area contributed by atoms with Crippen molar-refractivity contribution in [3.05, 3.63) is 59.4 Å². The Labute approximate surface area is 173 Å². The van der Waals surface area contributed by atoms with Gasteiger partial charge in [-0.15, -0.1) is 0 Å². The molecule has 0 saturated carbocycles. The third-order valence-corrected chi connectivity index (χ3v) is 6.98. The number of imidazole rings is 1. The zero-order valence-electron chi connectivity index (χ0n) is 17.7. The first-order valence-electron chi connectivity index (χ1n) is 11.2. The predicted octanol–water partition coefficient (Wildman–Crippen LogP) is 4.40. The molecule has 2 aromatic carbocycles. The molecule has 3 aromatic rings. The van der Waals surface area contributed by atoms with E-state index in [9.17, 15) is 0 Å². The zero-order valence-corrected chi connectivity index (χ0v) is 17.7. The molecule has 0 spiro atoms. The van der Waals surface area contributed by atoms with Crippen LogP contribution in [0.3, 0.4) is 0 Å². The van der Waals surface area contributed by atoms with Crippen LogP contribution in [0.1, 0.15) is 43.1 Å². The molecular formula is C25H32N4. The summed E-state index contributed by atoms with van der Waals surface area (Å²) < 4.78 is 2.53. The van der Waals surface area contributed by atoms with Crippen molar-refractivity contribution >= 4 is 16.7 Å². The van der Waals surface area contributed by atoms with Crippen LogP contribution in [0.5, 0.6) is 0 Å². The fourth-order valence-electron chi connectivity index (χ4n) is 5.10. The van der Waals surface area contributed by atoms with Crippen molar-refractivity contribution in [2.24, 2.45) is 5.92 Å². The second-order valence-electron chi connectivity index (χ2n) is 8.94. The Hall–Kier alpha value is -2.33. The molecule has 3 heterocycles. The van der Waals surface area contributed by atoms with Crippen LogP contribution < -0.4 is 10.2 Å². The van der Waals surface area contributed by atoms with Crippen LogP contribution in [0.2, 0.25) is 0 Å². The van der Waals surface area contributed by atoms with Gasteiger partial charge in [-0.25, -0.2) is 4.98 Å². The first-order chi connectivity index (χ1) is 14.2. The number of nitrogens with zero attached hydrogens (tertiary/aromatic N) is 3. The summed E-state index contributed by atoms with van der Waals surface area (Å²) in [5.41, 5.74) is 6.70. The van der Waals surface area contributed by atoms with Crippen LogP contribution in [0, 0.1) is 5.92 Å². The average Bonchev–Trinajstić information content (AvgIpc) is 3.09. The minimum absolute atomic E-state index is 0.596. The van der Waals surface area contributed by atoms with Gasteiger partial charge < -0.3 is 14.8 Å². The summed E-state index contributed by atoms with van der Waals surface area (Å²) in [6, 6.07) is 16.0. The quantitative estimate of drug-likeness (QED) is 0.719. The Bertz CT molecular complexity index is 985. The van der Waals surface area contributed by atoms with Gasteiger partial charge in [-0.3, -0.25) is 0 Å². The van der Waals surface area contributed by atoms with E-state index in [-0.39, 0.29) is 0 Å². The number of aryl methyl sites for hydroxylation is 1. The zero-order chi connectivity index (χ0) is 19.8. The molecule has 5 rings (SSSR count). The van der Waals surface area contributed by atoms with Gasteiger partial charge in [0, 0.05) is 37.3 Å². The lowest BCUT2D eigenvalue weighted by molar-refractivity contribution is 0.337. The molecule has 0 amide bonds. The number of aromatic nitrogens is 2. The minimum Gasteiger partial charge on any atom is -0.372 e. The molecule has 1 N–H and O–H groups in total. The van der Waals surface area contributed by atoms with Gasteiger partial charge in [0.2, 0.25) is 0 Å². The van der Waals surface area contributed by atoms with Gasteiger partial charge in [0.15, 0.2) is 0 Å². The summed E-state index contributed by atoms with van der Waals surface area (Å²) in [6.45, 7) is 5.67. The van der Waals surface area contributed by atoms with E-state index in [1.54, 1.807) is 0 Å². The number of benzene rings is 2. The Balaban J connectivity index is 1.59. The number of rotatable bonds is 4. The van der Waals surface area contributed by atoms with Crippen LogP contribution in [-0.4, -0.2) is 35.7 Å².